The highest BCUT2D eigenvalue weighted by Gasteiger charge is 2.31. The summed E-state index contributed by atoms with van der Waals surface area (Å²) in [6.07, 6.45) is -3.06. The molecule has 10 heteroatoms. The minimum absolute atomic E-state index is 0.109. The SMILES string of the molecule is C=C(C)c1ccc(Oc2ccc3cnc(C(=O)N[C@@H](Cc4ccc(-c5ccc(OC(F)(F)F)cc5)cc4)C(=O)OC)cc3c2)cc1. The molecule has 1 N–H and O–H groups in total. The molecule has 5 rings (SSSR count). The third-order valence-corrected chi connectivity index (χ3v) is 7.11. The molecule has 0 saturated carbocycles. The van der Waals surface area contributed by atoms with Crippen LogP contribution in [-0.2, 0) is 16.0 Å². The third kappa shape index (κ3) is 8.09. The number of fused-ring (bicyclic) bond motifs is 1. The molecule has 0 aliphatic carbocycles. The van der Waals surface area contributed by atoms with E-state index in [9.17, 15) is 22.8 Å². The van der Waals surface area contributed by atoms with Gasteiger partial charge in [0, 0.05) is 18.0 Å². The fourth-order valence-corrected chi connectivity index (χ4v) is 4.74. The van der Waals surface area contributed by atoms with E-state index in [1.54, 1.807) is 42.6 Å². The summed E-state index contributed by atoms with van der Waals surface area (Å²) in [5.74, 6) is -0.277. The van der Waals surface area contributed by atoms with Gasteiger partial charge >= 0.3 is 12.3 Å². The average Bonchev–Trinajstić information content (AvgIpc) is 3.04. The van der Waals surface area contributed by atoms with Crippen molar-refractivity contribution in [2.24, 2.45) is 0 Å². The van der Waals surface area contributed by atoms with E-state index in [2.05, 4.69) is 21.6 Å². The second-order valence-corrected chi connectivity index (χ2v) is 10.5. The van der Waals surface area contributed by atoms with Gasteiger partial charge in [0.05, 0.1) is 7.11 Å². The smallest absolute Gasteiger partial charge is 0.467 e. The van der Waals surface area contributed by atoms with Gasteiger partial charge in [-0.05, 0) is 83.1 Å². The molecule has 0 unspecified atom stereocenters. The van der Waals surface area contributed by atoms with Crippen molar-refractivity contribution >= 4 is 28.2 Å². The number of benzene rings is 4. The zero-order valence-electron chi connectivity index (χ0n) is 24.9. The summed E-state index contributed by atoms with van der Waals surface area (Å²) in [7, 11) is 1.23. The Balaban J connectivity index is 1.27. The molecule has 1 aromatic heterocycles. The van der Waals surface area contributed by atoms with E-state index in [1.165, 1.54) is 31.4 Å². The van der Waals surface area contributed by atoms with Crippen LogP contribution >= 0.6 is 0 Å². The Labute approximate surface area is 263 Å². The number of amides is 1. The predicted molar refractivity (Wildman–Crippen MR) is 169 cm³/mol. The maximum absolute atomic E-state index is 13.2. The zero-order valence-corrected chi connectivity index (χ0v) is 24.9. The maximum atomic E-state index is 13.2. The highest BCUT2D eigenvalue weighted by atomic mass is 19.4. The Morgan fingerprint density at radius 3 is 2.04 bits per heavy atom. The molecule has 1 heterocycles. The van der Waals surface area contributed by atoms with E-state index >= 15 is 0 Å². The summed E-state index contributed by atoms with van der Waals surface area (Å²) in [4.78, 5) is 30.1. The molecule has 0 aliphatic rings. The van der Waals surface area contributed by atoms with E-state index in [-0.39, 0.29) is 17.9 Å². The first-order valence-electron chi connectivity index (χ1n) is 14.1. The molecular weight excluding hydrogens is 597 g/mol. The van der Waals surface area contributed by atoms with Gasteiger partial charge in [0.15, 0.2) is 0 Å². The van der Waals surface area contributed by atoms with Crippen LogP contribution in [0.5, 0.6) is 17.2 Å². The van der Waals surface area contributed by atoms with Crippen molar-refractivity contribution < 1.29 is 37.0 Å². The summed E-state index contributed by atoms with van der Waals surface area (Å²) < 4.78 is 52.2. The molecule has 5 aromatic rings. The number of rotatable bonds is 10. The molecule has 234 valence electrons. The first-order valence-corrected chi connectivity index (χ1v) is 14.1. The van der Waals surface area contributed by atoms with Crippen LogP contribution in [0.3, 0.4) is 0 Å². The van der Waals surface area contributed by atoms with E-state index in [0.717, 1.165) is 33.0 Å². The molecule has 0 aliphatic heterocycles. The van der Waals surface area contributed by atoms with E-state index in [4.69, 9.17) is 9.47 Å². The molecule has 7 nitrogen and oxygen atoms in total. The number of hydrogen-bond donors (Lipinski definition) is 1. The van der Waals surface area contributed by atoms with Crippen LogP contribution in [0.15, 0.2) is 110 Å². The van der Waals surface area contributed by atoms with Gasteiger partial charge in [-0.25, -0.2) is 4.79 Å². The second kappa shape index (κ2) is 13.6. The number of ether oxygens (including phenoxy) is 3. The standard InChI is InChI=1S/C36H29F3N2O5/c1-22(2)24-8-13-29(14-9-24)45-31-17-12-27-21-40-32(20-28(27)19-31)34(42)41-33(35(43)44-3)18-23-4-6-25(7-5-23)26-10-15-30(16-11-26)46-36(37,38)39/h4-17,19-21,33H,1,18H2,2-3H3,(H,41,42)/t33-/m0/s1. The fourth-order valence-electron chi connectivity index (χ4n) is 4.74. The lowest BCUT2D eigenvalue weighted by Gasteiger charge is -2.17. The zero-order chi connectivity index (χ0) is 32.8. The molecule has 1 atom stereocenters. The number of allylic oxidation sites excluding steroid dienone is 1. The summed E-state index contributed by atoms with van der Waals surface area (Å²) in [6.45, 7) is 5.87. The minimum Gasteiger partial charge on any atom is -0.467 e. The summed E-state index contributed by atoms with van der Waals surface area (Å²) in [5, 5.41) is 4.24. The number of esters is 1. The Hall–Kier alpha value is -5.64. The first-order chi connectivity index (χ1) is 22.0. The Kier molecular flexibility index (Phi) is 9.37. The molecule has 4 aromatic carbocycles. The van der Waals surface area contributed by atoms with Crippen LogP contribution in [0, 0.1) is 0 Å². The van der Waals surface area contributed by atoms with Gasteiger partial charge in [0.25, 0.3) is 5.91 Å². The van der Waals surface area contributed by atoms with E-state index < -0.39 is 24.3 Å². The molecule has 0 bridgehead atoms. The fraction of sp³-hybridized carbons (Fsp3) is 0.139. The van der Waals surface area contributed by atoms with Gasteiger partial charge in [-0.15, -0.1) is 13.2 Å². The number of nitrogens with zero attached hydrogens (tertiary/aromatic N) is 1. The van der Waals surface area contributed by atoms with Gasteiger partial charge in [0.1, 0.15) is 29.0 Å². The van der Waals surface area contributed by atoms with Crippen molar-refractivity contribution in [3.63, 3.8) is 0 Å². The van der Waals surface area contributed by atoms with Crippen LogP contribution in [0.2, 0.25) is 0 Å². The number of hydrogen-bond acceptors (Lipinski definition) is 6. The molecule has 1 amide bonds. The number of halogens is 3. The number of carbonyl (C=O) groups is 2. The molecule has 0 fully saturated rings. The number of methoxy groups -OCH3 is 1. The quantitative estimate of drug-likeness (QED) is 0.158. The molecule has 0 spiro atoms. The number of pyridine rings is 1. The lowest BCUT2D eigenvalue weighted by molar-refractivity contribution is -0.274. The van der Waals surface area contributed by atoms with Crippen molar-refractivity contribution in [1.82, 2.24) is 10.3 Å². The lowest BCUT2D eigenvalue weighted by atomic mass is 10.0. The molecule has 46 heavy (non-hydrogen) atoms. The van der Waals surface area contributed by atoms with Gasteiger partial charge in [-0.1, -0.05) is 60.7 Å². The number of nitrogens with one attached hydrogen (secondary N) is 1. The van der Waals surface area contributed by atoms with Crippen molar-refractivity contribution in [2.75, 3.05) is 7.11 Å². The van der Waals surface area contributed by atoms with E-state index in [1.807, 2.05) is 43.3 Å². The number of aromatic nitrogens is 1. The van der Waals surface area contributed by atoms with Crippen molar-refractivity contribution in [2.45, 2.75) is 25.7 Å². The highest BCUT2D eigenvalue weighted by molar-refractivity contribution is 5.98. The average molecular weight is 627 g/mol. The third-order valence-electron chi connectivity index (χ3n) is 7.11. The van der Waals surface area contributed by atoms with Crippen molar-refractivity contribution in [1.29, 1.82) is 0 Å². The maximum Gasteiger partial charge on any atom is 0.573 e. The predicted octanol–water partition coefficient (Wildman–Crippen LogP) is 8.14. The molecule has 0 radical (unpaired) electrons. The number of alkyl halides is 3. The van der Waals surface area contributed by atoms with Gasteiger partial charge in [-0.3, -0.25) is 9.78 Å². The van der Waals surface area contributed by atoms with Gasteiger partial charge < -0.3 is 19.5 Å². The van der Waals surface area contributed by atoms with Gasteiger partial charge in [0.2, 0.25) is 0 Å². The normalized spacial score (nSPS) is 11.8. The summed E-state index contributed by atoms with van der Waals surface area (Å²) in [5.41, 5.74) is 4.22. The monoisotopic (exact) mass is 626 g/mol. The van der Waals surface area contributed by atoms with Crippen LogP contribution in [-0.4, -0.2) is 36.4 Å². The van der Waals surface area contributed by atoms with E-state index in [0.29, 0.717) is 17.1 Å². The van der Waals surface area contributed by atoms with Gasteiger partial charge in [-0.2, -0.15) is 0 Å². The Morgan fingerprint density at radius 2 is 1.43 bits per heavy atom. The molecule has 0 saturated heterocycles. The van der Waals surface area contributed by atoms with Crippen molar-refractivity contribution in [3.05, 3.63) is 127 Å². The topological polar surface area (TPSA) is 86.8 Å². The highest BCUT2D eigenvalue weighted by Crippen LogP contribution is 2.28. The lowest BCUT2D eigenvalue weighted by Crippen LogP contribution is -2.43. The molecular formula is C36H29F3N2O5. The minimum atomic E-state index is -4.77. The summed E-state index contributed by atoms with van der Waals surface area (Å²) >= 11 is 0. The van der Waals surface area contributed by atoms with Crippen LogP contribution in [0.4, 0.5) is 13.2 Å². The summed E-state index contributed by atoms with van der Waals surface area (Å²) in [6, 6.07) is 26.2. The van der Waals surface area contributed by atoms with Crippen LogP contribution < -0.4 is 14.8 Å². The van der Waals surface area contributed by atoms with Crippen LogP contribution in [0.25, 0.3) is 27.5 Å². The largest absolute Gasteiger partial charge is 0.573 e. The first kappa shape index (κ1) is 31.8. The number of carbonyl (C=O) groups excluding carboxylic acids is 2. The Bertz CT molecular complexity index is 1870. The van der Waals surface area contributed by atoms with Crippen molar-refractivity contribution in [3.8, 4) is 28.4 Å². The van der Waals surface area contributed by atoms with Crippen LogP contribution in [0.1, 0.15) is 28.5 Å². The Morgan fingerprint density at radius 1 is 0.826 bits per heavy atom. The second-order valence-electron chi connectivity index (χ2n) is 10.5.